The zero-order valence-corrected chi connectivity index (χ0v) is 35.2. The van der Waals surface area contributed by atoms with E-state index >= 15 is 0 Å². The molecule has 4 aromatic carbocycles. The van der Waals surface area contributed by atoms with Gasteiger partial charge in [0.05, 0.1) is 22.4 Å². The molecule has 55 heavy (non-hydrogen) atoms. The highest BCUT2D eigenvalue weighted by molar-refractivity contribution is 6.09. The normalized spacial score (nSPS) is 12.5. The zero-order chi connectivity index (χ0) is 39.6. The Hall–Kier alpha value is -5.16. The minimum atomic E-state index is -0.0410. The molecule has 7 rings (SSSR count). The molecule has 0 saturated heterocycles. The third kappa shape index (κ3) is 7.34. The Morgan fingerprint density at radius 3 is 2.00 bits per heavy atom. The van der Waals surface area contributed by atoms with Crippen molar-refractivity contribution in [2.45, 2.75) is 113 Å². The van der Waals surface area contributed by atoms with Crippen LogP contribution in [0.5, 0.6) is 11.5 Å². The Balaban J connectivity index is 1.35. The Morgan fingerprint density at radius 1 is 0.673 bits per heavy atom. The largest absolute Gasteiger partial charge is 0.457 e. The molecule has 0 N–H and O–H groups in total. The Bertz CT molecular complexity index is 2510. The first-order valence-corrected chi connectivity index (χ1v) is 19.9. The molecule has 0 atom stereocenters. The predicted molar refractivity (Wildman–Crippen MR) is 232 cm³/mol. The van der Waals surface area contributed by atoms with E-state index in [0.29, 0.717) is 11.8 Å². The maximum Gasteiger partial charge on any atom is 0.137 e. The van der Waals surface area contributed by atoms with Gasteiger partial charge in [0.1, 0.15) is 17.3 Å². The van der Waals surface area contributed by atoms with Gasteiger partial charge in [-0.05, 0) is 120 Å². The Labute approximate surface area is 328 Å². The molecule has 0 aliphatic heterocycles. The van der Waals surface area contributed by atoms with Crippen molar-refractivity contribution in [2.24, 2.45) is 5.92 Å². The van der Waals surface area contributed by atoms with E-state index in [9.17, 15) is 0 Å². The Morgan fingerprint density at radius 2 is 1.35 bits per heavy atom. The van der Waals surface area contributed by atoms with E-state index in [-0.39, 0.29) is 10.8 Å². The van der Waals surface area contributed by atoms with Crippen molar-refractivity contribution < 1.29 is 4.74 Å². The molecule has 3 heterocycles. The highest BCUT2D eigenvalue weighted by Gasteiger charge is 2.30. The van der Waals surface area contributed by atoms with Crippen LogP contribution in [0.1, 0.15) is 114 Å². The second-order valence-electron chi connectivity index (χ2n) is 18.4. The number of aromatic nitrogens is 4. The number of hydrogen-bond donors (Lipinski definition) is 0. The average Bonchev–Trinajstić information content (AvgIpc) is 3.59. The van der Waals surface area contributed by atoms with Gasteiger partial charge in [-0.1, -0.05) is 105 Å². The molecule has 0 fully saturated rings. The predicted octanol–water partition coefficient (Wildman–Crippen LogP) is 13.7. The van der Waals surface area contributed by atoms with Crippen LogP contribution in [0, 0.1) is 26.7 Å². The number of para-hydroxylation sites is 1. The summed E-state index contributed by atoms with van der Waals surface area (Å²) >= 11 is 0. The fourth-order valence-electron chi connectivity index (χ4n) is 8.19. The van der Waals surface area contributed by atoms with Crippen LogP contribution in [-0.4, -0.2) is 19.3 Å². The van der Waals surface area contributed by atoms with Crippen LogP contribution in [0.25, 0.3) is 44.4 Å². The molecule has 0 aliphatic carbocycles. The molecule has 0 radical (unpaired) electrons. The molecular formula is C50H58N4O. The summed E-state index contributed by atoms with van der Waals surface area (Å²) in [5.41, 5.74) is 14.3. The highest BCUT2D eigenvalue weighted by atomic mass is 16.5. The smallest absolute Gasteiger partial charge is 0.137 e. The summed E-state index contributed by atoms with van der Waals surface area (Å²) in [6.45, 7) is 29.5. The van der Waals surface area contributed by atoms with Crippen LogP contribution in [0.4, 0.5) is 0 Å². The Kier molecular flexibility index (Phi) is 9.82. The lowest BCUT2D eigenvalue weighted by atomic mass is 9.73. The maximum absolute atomic E-state index is 6.83. The first kappa shape index (κ1) is 38.1. The number of nitrogens with zero attached hydrogens (tertiary/aromatic N) is 4. The van der Waals surface area contributed by atoms with Gasteiger partial charge in [0.25, 0.3) is 0 Å². The van der Waals surface area contributed by atoms with Gasteiger partial charge in [-0.2, -0.15) is 5.10 Å². The van der Waals surface area contributed by atoms with Crippen molar-refractivity contribution in [1.29, 1.82) is 0 Å². The lowest BCUT2D eigenvalue weighted by molar-refractivity contribution is 0.481. The van der Waals surface area contributed by atoms with E-state index < -0.39 is 0 Å². The van der Waals surface area contributed by atoms with Gasteiger partial charge in [0.2, 0.25) is 0 Å². The lowest BCUT2D eigenvalue weighted by Crippen LogP contribution is -2.20. The van der Waals surface area contributed by atoms with E-state index in [1.807, 2.05) is 6.20 Å². The fraction of sp³-hybridized carbons (Fsp3) is 0.360. The van der Waals surface area contributed by atoms with Gasteiger partial charge in [-0.3, -0.25) is 4.57 Å². The molecule has 3 aromatic heterocycles. The summed E-state index contributed by atoms with van der Waals surface area (Å²) in [5.74, 6) is 3.34. The van der Waals surface area contributed by atoms with Crippen LogP contribution in [0.15, 0.2) is 91.1 Å². The molecule has 284 valence electrons. The van der Waals surface area contributed by atoms with E-state index in [1.165, 1.54) is 49.7 Å². The minimum absolute atomic E-state index is 0.0410. The summed E-state index contributed by atoms with van der Waals surface area (Å²) < 4.78 is 11.2. The number of rotatable bonds is 8. The molecule has 5 heteroatoms. The number of fused-ring (bicyclic) bond motifs is 3. The minimum Gasteiger partial charge on any atom is -0.457 e. The molecule has 0 spiro atoms. The fourth-order valence-corrected chi connectivity index (χ4v) is 8.19. The third-order valence-electron chi connectivity index (χ3n) is 10.8. The topological polar surface area (TPSA) is 44.9 Å². The van der Waals surface area contributed by atoms with Crippen molar-refractivity contribution in [3.8, 4) is 34.1 Å². The van der Waals surface area contributed by atoms with Crippen LogP contribution in [0.2, 0.25) is 0 Å². The SMILES string of the molecule is Cc1cc(C(C)(C)C)c(-c2c(C)nn(-c3cc(Oc4ccc5c6ccccc6n(-c6cc(CC(C)C)ccn6)c5c4)cc(C(C)C)c3)c2C)c(C(C)(C)C)c1. The van der Waals surface area contributed by atoms with E-state index in [4.69, 9.17) is 14.8 Å². The molecule has 0 bridgehead atoms. The van der Waals surface area contributed by atoms with Gasteiger partial charge in [0.15, 0.2) is 0 Å². The van der Waals surface area contributed by atoms with E-state index in [1.54, 1.807) is 0 Å². The van der Waals surface area contributed by atoms with Crippen molar-refractivity contribution >= 4 is 21.8 Å². The van der Waals surface area contributed by atoms with Crippen LogP contribution in [-0.2, 0) is 17.3 Å². The first-order valence-electron chi connectivity index (χ1n) is 19.9. The lowest BCUT2D eigenvalue weighted by Gasteiger charge is -2.31. The van der Waals surface area contributed by atoms with E-state index in [2.05, 4.69) is 184 Å². The number of pyridine rings is 1. The number of benzene rings is 4. The average molecular weight is 731 g/mol. The summed E-state index contributed by atoms with van der Waals surface area (Å²) in [6.07, 6.45) is 2.94. The van der Waals surface area contributed by atoms with Crippen molar-refractivity contribution in [1.82, 2.24) is 19.3 Å². The summed E-state index contributed by atoms with van der Waals surface area (Å²) in [6, 6.07) is 30.7. The number of ether oxygens (including phenoxy) is 1. The molecular weight excluding hydrogens is 673 g/mol. The van der Waals surface area contributed by atoms with Gasteiger partial charge in [-0.25, -0.2) is 9.67 Å². The molecule has 0 unspecified atom stereocenters. The summed E-state index contributed by atoms with van der Waals surface area (Å²) in [4.78, 5) is 4.87. The van der Waals surface area contributed by atoms with Gasteiger partial charge in [0, 0.05) is 40.4 Å². The van der Waals surface area contributed by atoms with Crippen LogP contribution >= 0.6 is 0 Å². The molecule has 7 aromatic rings. The second kappa shape index (κ2) is 14.2. The van der Waals surface area contributed by atoms with Gasteiger partial charge in [-0.15, -0.1) is 0 Å². The summed E-state index contributed by atoms with van der Waals surface area (Å²) in [5, 5.41) is 7.63. The van der Waals surface area contributed by atoms with Crippen molar-refractivity contribution in [3.63, 3.8) is 0 Å². The van der Waals surface area contributed by atoms with Crippen molar-refractivity contribution in [3.05, 3.63) is 130 Å². The van der Waals surface area contributed by atoms with Crippen LogP contribution < -0.4 is 4.74 Å². The van der Waals surface area contributed by atoms with Gasteiger partial charge < -0.3 is 4.74 Å². The zero-order valence-electron chi connectivity index (χ0n) is 35.2. The second-order valence-corrected chi connectivity index (χ2v) is 18.4. The molecule has 0 amide bonds. The van der Waals surface area contributed by atoms with E-state index in [0.717, 1.165) is 51.8 Å². The summed E-state index contributed by atoms with van der Waals surface area (Å²) in [7, 11) is 0. The molecule has 0 aliphatic rings. The number of aryl methyl sites for hydroxylation is 2. The monoisotopic (exact) mass is 730 g/mol. The molecule has 0 saturated carbocycles. The van der Waals surface area contributed by atoms with Crippen molar-refractivity contribution in [2.75, 3.05) is 0 Å². The van der Waals surface area contributed by atoms with Gasteiger partial charge >= 0.3 is 0 Å². The number of hydrogen-bond acceptors (Lipinski definition) is 3. The highest BCUT2D eigenvalue weighted by Crippen LogP contribution is 2.44. The first-order chi connectivity index (χ1) is 25.9. The standard InChI is InChI=1S/C50H58N4O/c1-30(2)22-35-20-21-51-46(25-35)53-44-17-15-14-16-40(44)41-19-18-38(29-45(41)53)55-39-27-36(31(3)4)26-37(28-39)54-34(7)47(33(6)52-54)48-42(49(8,9)10)23-32(5)24-43(48)50(11,12)13/h14-21,23-31H,22H2,1-13H3. The molecule has 5 nitrogen and oxygen atoms in total. The maximum atomic E-state index is 6.83. The van der Waals surface area contributed by atoms with Crippen LogP contribution in [0.3, 0.4) is 0 Å². The quantitative estimate of drug-likeness (QED) is 0.156. The third-order valence-corrected chi connectivity index (χ3v) is 10.8.